The lowest BCUT2D eigenvalue weighted by atomic mass is 10.2. The summed E-state index contributed by atoms with van der Waals surface area (Å²) >= 11 is 0. The van der Waals surface area contributed by atoms with Gasteiger partial charge < -0.3 is 10.2 Å². The molecule has 0 bridgehead atoms. The van der Waals surface area contributed by atoms with Crippen LogP contribution in [0.15, 0.2) is 30.3 Å². The van der Waals surface area contributed by atoms with Gasteiger partial charge in [0.15, 0.2) is 6.04 Å². The predicted molar refractivity (Wildman–Crippen MR) is 62.3 cm³/mol. The van der Waals surface area contributed by atoms with Crippen LogP contribution in [0.1, 0.15) is 0 Å². The van der Waals surface area contributed by atoms with Crippen LogP contribution in [-0.4, -0.2) is 43.5 Å². The summed E-state index contributed by atoms with van der Waals surface area (Å²) in [5, 5.41) is 17.9. The Balaban J connectivity index is 3.28. The molecule has 0 aromatic heterocycles. The standard InChI is InChI=1S/C10H13NO5S/c1-17(15,16)11(9(7-12)10(13)14)8-5-3-2-4-6-8/h2-6,9,12H,7H2,1H3,(H,13,14)/t9-/m0/s1. The third-order valence-electron chi connectivity index (χ3n) is 2.11. The average Bonchev–Trinajstić information content (AvgIpc) is 2.24. The van der Waals surface area contributed by atoms with E-state index in [1.807, 2.05) is 0 Å². The highest BCUT2D eigenvalue weighted by Gasteiger charge is 2.31. The highest BCUT2D eigenvalue weighted by Crippen LogP contribution is 2.20. The van der Waals surface area contributed by atoms with Crippen molar-refractivity contribution in [3.8, 4) is 0 Å². The Morgan fingerprint density at radius 2 is 1.88 bits per heavy atom. The van der Waals surface area contributed by atoms with Crippen LogP contribution in [0.4, 0.5) is 5.69 Å². The molecule has 0 unspecified atom stereocenters. The number of sulfonamides is 1. The van der Waals surface area contributed by atoms with Crippen molar-refractivity contribution in [2.24, 2.45) is 0 Å². The van der Waals surface area contributed by atoms with Crippen LogP contribution in [0.2, 0.25) is 0 Å². The van der Waals surface area contributed by atoms with Gasteiger partial charge in [-0.3, -0.25) is 4.31 Å². The average molecular weight is 259 g/mol. The Morgan fingerprint density at radius 1 is 1.35 bits per heavy atom. The minimum Gasteiger partial charge on any atom is -0.480 e. The fourth-order valence-corrected chi connectivity index (χ4v) is 2.55. The minimum atomic E-state index is -3.78. The number of anilines is 1. The van der Waals surface area contributed by atoms with Crippen LogP contribution < -0.4 is 4.31 Å². The zero-order valence-electron chi connectivity index (χ0n) is 9.15. The molecule has 0 saturated heterocycles. The number of aliphatic hydroxyl groups excluding tert-OH is 1. The third-order valence-corrected chi connectivity index (χ3v) is 3.29. The lowest BCUT2D eigenvalue weighted by Crippen LogP contribution is -2.47. The molecule has 17 heavy (non-hydrogen) atoms. The molecule has 0 spiro atoms. The van der Waals surface area contributed by atoms with Gasteiger partial charge in [0, 0.05) is 0 Å². The lowest BCUT2D eigenvalue weighted by molar-refractivity contribution is -0.139. The smallest absolute Gasteiger partial charge is 0.329 e. The van der Waals surface area contributed by atoms with Crippen molar-refractivity contribution in [1.29, 1.82) is 0 Å². The van der Waals surface area contributed by atoms with Crippen LogP contribution in [0.25, 0.3) is 0 Å². The van der Waals surface area contributed by atoms with Crippen molar-refractivity contribution in [3.05, 3.63) is 30.3 Å². The molecule has 6 nitrogen and oxygen atoms in total. The zero-order valence-corrected chi connectivity index (χ0v) is 9.96. The molecule has 7 heteroatoms. The topological polar surface area (TPSA) is 94.9 Å². The van der Waals surface area contributed by atoms with Crippen LogP contribution in [0.3, 0.4) is 0 Å². The fraction of sp³-hybridized carbons (Fsp3) is 0.300. The van der Waals surface area contributed by atoms with Crippen LogP contribution in [-0.2, 0) is 14.8 Å². The van der Waals surface area contributed by atoms with Gasteiger partial charge >= 0.3 is 5.97 Å². The van der Waals surface area contributed by atoms with Crippen molar-refractivity contribution in [3.63, 3.8) is 0 Å². The van der Waals surface area contributed by atoms with Gasteiger partial charge in [0.1, 0.15) is 0 Å². The van der Waals surface area contributed by atoms with Gasteiger partial charge in [0.05, 0.1) is 18.6 Å². The summed E-state index contributed by atoms with van der Waals surface area (Å²) in [5.74, 6) is -1.40. The molecule has 1 aromatic rings. The summed E-state index contributed by atoms with van der Waals surface area (Å²) in [4.78, 5) is 10.9. The Labute approximate surface area is 99.2 Å². The number of hydrogen-bond donors (Lipinski definition) is 2. The highest BCUT2D eigenvalue weighted by molar-refractivity contribution is 7.92. The number of aliphatic carboxylic acids is 1. The van der Waals surface area contributed by atoms with Crippen molar-refractivity contribution in [1.82, 2.24) is 0 Å². The second-order valence-electron chi connectivity index (χ2n) is 3.43. The second-order valence-corrected chi connectivity index (χ2v) is 5.29. The molecule has 0 amide bonds. The minimum absolute atomic E-state index is 0.205. The summed E-state index contributed by atoms with van der Waals surface area (Å²) in [6.07, 6.45) is 0.894. The quantitative estimate of drug-likeness (QED) is 0.769. The number of benzene rings is 1. The molecule has 0 saturated carbocycles. The fourth-order valence-electron chi connectivity index (χ4n) is 1.43. The van der Waals surface area contributed by atoms with E-state index in [0.717, 1.165) is 6.26 Å². The van der Waals surface area contributed by atoms with Gasteiger partial charge in [0.2, 0.25) is 10.0 Å². The monoisotopic (exact) mass is 259 g/mol. The number of rotatable bonds is 5. The number of nitrogens with zero attached hydrogens (tertiary/aromatic N) is 1. The molecule has 94 valence electrons. The maximum atomic E-state index is 11.6. The van der Waals surface area contributed by atoms with Crippen molar-refractivity contribution in [2.75, 3.05) is 17.2 Å². The molecule has 1 rings (SSSR count). The SMILES string of the molecule is CS(=O)(=O)N(c1ccccc1)[C@@H](CO)C(=O)O. The molecule has 0 aliphatic carbocycles. The summed E-state index contributed by atoms with van der Waals surface area (Å²) in [5.41, 5.74) is 0.205. The molecule has 1 atom stereocenters. The molecule has 0 aliphatic heterocycles. The molecule has 0 aliphatic rings. The predicted octanol–water partition coefficient (Wildman–Crippen LogP) is -0.102. The molecule has 1 aromatic carbocycles. The van der Waals surface area contributed by atoms with Crippen LogP contribution >= 0.6 is 0 Å². The normalized spacial score (nSPS) is 13.1. The molecule has 0 fully saturated rings. The first kappa shape index (κ1) is 13.5. The maximum Gasteiger partial charge on any atom is 0.329 e. The maximum absolute atomic E-state index is 11.6. The van der Waals surface area contributed by atoms with E-state index in [1.165, 1.54) is 12.1 Å². The van der Waals surface area contributed by atoms with Gasteiger partial charge in [-0.2, -0.15) is 0 Å². The van der Waals surface area contributed by atoms with E-state index in [-0.39, 0.29) is 5.69 Å². The summed E-state index contributed by atoms with van der Waals surface area (Å²) < 4.78 is 23.9. The summed E-state index contributed by atoms with van der Waals surface area (Å²) in [6, 6.07) is 6.26. The first-order chi connectivity index (χ1) is 7.88. The van der Waals surface area contributed by atoms with Crippen LogP contribution in [0, 0.1) is 0 Å². The number of para-hydroxylation sites is 1. The van der Waals surface area contributed by atoms with E-state index in [1.54, 1.807) is 18.2 Å². The number of carboxylic acids is 1. The van der Waals surface area contributed by atoms with Gasteiger partial charge in [-0.15, -0.1) is 0 Å². The van der Waals surface area contributed by atoms with Gasteiger partial charge in [0.25, 0.3) is 0 Å². The third kappa shape index (κ3) is 3.18. The molecule has 0 radical (unpaired) electrons. The second kappa shape index (κ2) is 5.15. The highest BCUT2D eigenvalue weighted by atomic mass is 32.2. The summed E-state index contributed by atoms with van der Waals surface area (Å²) in [6.45, 7) is -0.794. The van der Waals surface area contributed by atoms with Crippen molar-refractivity contribution in [2.45, 2.75) is 6.04 Å². The Hall–Kier alpha value is -1.60. The molecule has 0 heterocycles. The van der Waals surface area contributed by atoms with Gasteiger partial charge in [-0.25, -0.2) is 13.2 Å². The van der Waals surface area contributed by atoms with Crippen LogP contribution in [0.5, 0.6) is 0 Å². The zero-order chi connectivity index (χ0) is 13.1. The van der Waals surface area contributed by atoms with E-state index in [2.05, 4.69) is 0 Å². The van der Waals surface area contributed by atoms with Gasteiger partial charge in [-0.05, 0) is 12.1 Å². The van der Waals surface area contributed by atoms with Crippen molar-refractivity contribution >= 4 is 21.7 Å². The lowest BCUT2D eigenvalue weighted by Gasteiger charge is -2.27. The number of carboxylic acid groups (broad SMARTS) is 1. The molecular formula is C10H13NO5S. The van der Waals surface area contributed by atoms with E-state index < -0.39 is 28.6 Å². The Bertz CT molecular complexity index is 485. The first-order valence-corrected chi connectivity index (χ1v) is 6.61. The van der Waals surface area contributed by atoms with E-state index in [4.69, 9.17) is 10.2 Å². The Kier molecular flexibility index (Phi) is 4.08. The van der Waals surface area contributed by atoms with Crippen molar-refractivity contribution < 1.29 is 23.4 Å². The van der Waals surface area contributed by atoms with E-state index in [9.17, 15) is 13.2 Å². The Morgan fingerprint density at radius 3 is 2.24 bits per heavy atom. The first-order valence-electron chi connectivity index (χ1n) is 4.76. The number of hydrogen-bond acceptors (Lipinski definition) is 4. The van der Waals surface area contributed by atoms with E-state index >= 15 is 0 Å². The molecular weight excluding hydrogens is 246 g/mol. The van der Waals surface area contributed by atoms with Gasteiger partial charge in [-0.1, -0.05) is 18.2 Å². The molecule has 2 N–H and O–H groups in total. The number of aliphatic hydroxyl groups is 1. The number of carbonyl (C=O) groups is 1. The largest absolute Gasteiger partial charge is 0.480 e. The summed E-state index contributed by atoms with van der Waals surface area (Å²) in [7, 11) is -3.78. The van der Waals surface area contributed by atoms with E-state index in [0.29, 0.717) is 4.31 Å².